The van der Waals surface area contributed by atoms with Gasteiger partial charge in [0.15, 0.2) is 9.84 Å². The smallest absolute Gasteiger partial charge is 0.153 e. The van der Waals surface area contributed by atoms with E-state index in [0.29, 0.717) is 17.9 Å². The van der Waals surface area contributed by atoms with Gasteiger partial charge in [-0.25, -0.2) is 13.4 Å². The van der Waals surface area contributed by atoms with E-state index in [1.165, 1.54) is 0 Å². The minimum atomic E-state index is -2.95. The molecule has 19 heavy (non-hydrogen) atoms. The molecule has 1 aliphatic heterocycles. The van der Waals surface area contributed by atoms with Crippen LogP contribution in [0, 0.1) is 0 Å². The zero-order valence-corrected chi connectivity index (χ0v) is 11.4. The molecule has 0 spiro atoms. The first-order valence-corrected chi connectivity index (χ1v) is 8.21. The molecule has 2 N–H and O–H groups in total. The van der Waals surface area contributed by atoms with Crippen molar-refractivity contribution in [2.45, 2.75) is 30.9 Å². The van der Waals surface area contributed by atoms with E-state index < -0.39 is 9.84 Å². The van der Waals surface area contributed by atoms with E-state index in [-0.39, 0.29) is 5.25 Å². The van der Waals surface area contributed by atoms with Crippen molar-refractivity contribution in [2.75, 3.05) is 11.5 Å². The average Bonchev–Trinajstić information content (AvgIpc) is 2.74. The number of nitrogens with two attached hydrogens (primary N) is 1. The van der Waals surface area contributed by atoms with Crippen LogP contribution in [0.3, 0.4) is 0 Å². The Morgan fingerprint density at radius 2 is 2.26 bits per heavy atom. The molecule has 3 heterocycles. The van der Waals surface area contributed by atoms with E-state index >= 15 is 0 Å². The molecule has 5 nitrogen and oxygen atoms in total. The number of fused-ring (bicyclic) bond motifs is 1. The van der Waals surface area contributed by atoms with E-state index in [0.717, 1.165) is 30.6 Å². The Labute approximate surface area is 112 Å². The monoisotopic (exact) mass is 279 g/mol. The highest BCUT2D eigenvalue weighted by atomic mass is 32.2. The average molecular weight is 279 g/mol. The molecule has 2 aromatic heterocycles. The molecule has 6 heteroatoms. The molecule has 3 rings (SSSR count). The third-order valence-electron chi connectivity index (χ3n) is 3.76. The number of nitrogen functional groups attached to an aromatic ring is 1. The van der Waals surface area contributed by atoms with Gasteiger partial charge < -0.3 is 10.1 Å². The van der Waals surface area contributed by atoms with Crippen LogP contribution in [-0.2, 0) is 16.3 Å². The molecule has 1 fully saturated rings. The topological polar surface area (TPSA) is 77.5 Å². The second-order valence-electron chi connectivity index (χ2n) is 5.12. The van der Waals surface area contributed by atoms with Crippen molar-refractivity contribution in [1.29, 1.82) is 0 Å². The van der Waals surface area contributed by atoms with Gasteiger partial charge in [-0.3, -0.25) is 0 Å². The fraction of sp³-hybridized carbons (Fsp3) is 0.462. The van der Waals surface area contributed by atoms with Crippen LogP contribution in [0.1, 0.15) is 25.1 Å². The summed E-state index contributed by atoms with van der Waals surface area (Å²) in [6, 6.07) is 3.64. The quantitative estimate of drug-likeness (QED) is 0.902. The van der Waals surface area contributed by atoms with Crippen molar-refractivity contribution in [2.24, 2.45) is 0 Å². The first-order valence-electron chi connectivity index (χ1n) is 6.49. The van der Waals surface area contributed by atoms with Gasteiger partial charge in [-0.15, -0.1) is 0 Å². The number of nitrogens with zero attached hydrogens (tertiary/aromatic N) is 2. The lowest BCUT2D eigenvalue weighted by atomic mass is 10.1. The number of hydrogen-bond acceptors (Lipinski definition) is 4. The van der Waals surface area contributed by atoms with E-state index in [9.17, 15) is 8.42 Å². The maximum Gasteiger partial charge on any atom is 0.153 e. The zero-order valence-electron chi connectivity index (χ0n) is 10.6. The summed E-state index contributed by atoms with van der Waals surface area (Å²) in [5.74, 6) is 1.11. The molecule has 102 valence electrons. The second kappa shape index (κ2) is 4.52. The molecule has 1 aliphatic rings. The summed E-state index contributed by atoms with van der Waals surface area (Å²) in [5.41, 5.74) is 7.31. The number of anilines is 1. The third-order valence-corrected chi connectivity index (χ3v) is 6.03. The van der Waals surface area contributed by atoms with E-state index in [1.54, 1.807) is 12.3 Å². The van der Waals surface area contributed by atoms with E-state index in [1.807, 2.05) is 16.7 Å². The molecule has 1 atom stereocenters. The van der Waals surface area contributed by atoms with Crippen LogP contribution >= 0.6 is 0 Å². The van der Waals surface area contributed by atoms with Gasteiger partial charge in [0.2, 0.25) is 0 Å². The minimum absolute atomic E-state index is 0.288. The maximum atomic E-state index is 12.0. The normalized spacial score (nSPS) is 22.6. The Kier molecular flexibility index (Phi) is 2.97. The first-order chi connectivity index (χ1) is 9.06. The van der Waals surface area contributed by atoms with Gasteiger partial charge in [-0.2, -0.15) is 0 Å². The van der Waals surface area contributed by atoms with Gasteiger partial charge in [0, 0.05) is 18.3 Å². The number of rotatable bonds is 2. The highest BCUT2D eigenvalue weighted by Gasteiger charge is 2.29. The molecule has 2 aromatic rings. The highest BCUT2D eigenvalue weighted by Crippen LogP contribution is 2.23. The number of aromatic nitrogens is 2. The summed E-state index contributed by atoms with van der Waals surface area (Å²) in [5, 5.41) is -0.288. The molecular formula is C13H17N3O2S. The van der Waals surface area contributed by atoms with Crippen LogP contribution in [0.2, 0.25) is 0 Å². The second-order valence-corrected chi connectivity index (χ2v) is 7.52. The van der Waals surface area contributed by atoms with Crippen LogP contribution in [0.15, 0.2) is 24.5 Å². The lowest BCUT2D eigenvalue weighted by molar-refractivity contribution is 0.534. The molecule has 0 amide bonds. The summed E-state index contributed by atoms with van der Waals surface area (Å²) in [4.78, 5) is 4.34. The fourth-order valence-corrected chi connectivity index (χ4v) is 4.55. The Bertz CT molecular complexity index is 706. The molecule has 0 aromatic carbocycles. The Morgan fingerprint density at radius 1 is 1.42 bits per heavy atom. The first kappa shape index (κ1) is 12.5. The van der Waals surface area contributed by atoms with Gasteiger partial charge in [-0.05, 0) is 25.0 Å². The Hall–Kier alpha value is -1.56. The van der Waals surface area contributed by atoms with Gasteiger partial charge in [-0.1, -0.05) is 6.42 Å². The van der Waals surface area contributed by atoms with Gasteiger partial charge in [0.05, 0.1) is 22.7 Å². The maximum absolute atomic E-state index is 12.0. The fourth-order valence-electron chi connectivity index (χ4n) is 2.68. The van der Waals surface area contributed by atoms with Crippen LogP contribution in [0.4, 0.5) is 5.69 Å². The summed E-state index contributed by atoms with van der Waals surface area (Å²) in [7, 11) is -2.95. The summed E-state index contributed by atoms with van der Waals surface area (Å²) in [6.45, 7) is 0. The minimum Gasteiger partial charge on any atom is -0.399 e. The van der Waals surface area contributed by atoms with Crippen molar-refractivity contribution in [3.63, 3.8) is 0 Å². The number of sulfone groups is 1. The van der Waals surface area contributed by atoms with Crippen molar-refractivity contribution in [3.05, 3.63) is 30.4 Å². The van der Waals surface area contributed by atoms with Crippen LogP contribution in [0.5, 0.6) is 0 Å². The van der Waals surface area contributed by atoms with Crippen molar-refractivity contribution < 1.29 is 8.42 Å². The standard InChI is InChI=1S/C13H17N3O2S/c14-10-4-5-16-11(7-10)9-15-13(16)8-12-3-1-2-6-19(12,17)18/h4-5,7,9,12H,1-3,6,8,14H2. The predicted molar refractivity (Wildman–Crippen MR) is 74.7 cm³/mol. The molecule has 0 aliphatic carbocycles. The molecule has 0 bridgehead atoms. The largest absolute Gasteiger partial charge is 0.399 e. The zero-order chi connectivity index (χ0) is 13.5. The molecule has 0 saturated carbocycles. The highest BCUT2D eigenvalue weighted by molar-refractivity contribution is 7.92. The number of imidazole rings is 1. The number of pyridine rings is 1. The third kappa shape index (κ3) is 2.32. The Morgan fingerprint density at radius 3 is 3.05 bits per heavy atom. The van der Waals surface area contributed by atoms with Gasteiger partial charge in [0.1, 0.15) is 5.82 Å². The lowest BCUT2D eigenvalue weighted by Crippen LogP contribution is -2.30. The van der Waals surface area contributed by atoms with Crippen molar-refractivity contribution in [1.82, 2.24) is 9.38 Å². The summed E-state index contributed by atoms with van der Waals surface area (Å²) >= 11 is 0. The van der Waals surface area contributed by atoms with Crippen LogP contribution < -0.4 is 5.73 Å². The SMILES string of the molecule is Nc1ccn2c(CC3CCCCS3(=O)=O)ncc2c1. The molecule has 1 saturated heterocycles. The van der Waals surface area contributed by atoms with Crippen molar-refractivity contribution in [3.8, 4) is 0 Å². The van der Waals surface area contributed by atoms with E-state index in [4.69, 9.17) is 5.73 Å². The molecule has 0 radical (unpaired) electrons. The Balaban J connectivity index is 1.93. The van der Waals surface area contributed by atoms with E-state index in [2.05, 4.69) is 4.98 Å². The van der Waals surface area contributed by atoms with Crippen molar-refractivity contribution >= 4 is 21.0 Å². The predicted octanol–water partition coefficient (Wildman–Crippen LogP) is 1.43. The summed E-state index contributed by atoms with van der Waals surface area (Å²) in [6.07, 6.45) is 6.59. The molecular weight excluding hydrogens is 262 g/mol. The molecule has 1 unspecified atom stereocenters. The van der Waals surface area contributed by atoms with Crippen LogP contribution in [0.25, 0.3) is 5.52 Å². The lowest BCUT2D eigenvalue weighted by Gasteiger charge is -2.21. The summed E-state index contributed by atoms with van der Waals surface area (Å²) < 4.78 is 26.0. The van der Waals surface area contributed by atoms with Gasteiger partial charge in [0.25, 0.3) is 0 Å². The van der Waals surface area contributed by atoms with Gasteiger partial charge >= 0.3 is 0 Å². The number of hydrogen-bond donors (Lipinski definition) is 1. The van der Waals surface area contributed by atoms with Crippen LogP contribution in [-0.4, -0.2) is 28.8 Å².